The maximum atomic E-state index is 12.8. The van der Waals surface area contributed by atoms with Crippen molar-refractivity contribution in [3.05, 3.63) is 29.6 Å². The summed E-state index contributed by atoms with van der Waals surface area (Å²) in [5.74, 6) is 1.14. The number of rotatable bonds is 2. The van der Waals surface area contributed by atoms with Gasteiger partial charge in [0, 0.05) is 18.4 Å². The molecule has 1 aliphatic rings. The lowest BCUT2D eigenvalue weighted by molar-refractivity contribution is -0.138. The monoisotopic (exact) mass is 290 g/mol. The molecule has 0 bridgehead atoms. The minimum absolute atomic E-state index is 0.0463. The van der Waals surface area contributed by atoms with Gasteiger partial charge in [-0.1, -0.05) is 0 Å². The quantitative estimate of drug-likeness (QED) is 0.910. The van der Waals surface area contributed by atoms with E-state index >= 15 is 0 Å². The standard InChI is InChI=1S/C12H13F3N2OS/c13-12(14,15)10-1-4-16-7-9(10)11(18)17-8-2-5-19-6-3-8/h1,4,7-8H,2-3,5-6H2,(H,17,18). The van der Waals surface area contributed by atoms with Crippen LogP contribution in [0.1, 0.15) is 28.8 Å². The van der Waals surface area contributed by atoms with Crippen LogP contribution in [-0.2, 0) is 6.18 Å². The minimum Gasteiger partial charge on any atom is -0.349 e. The van der Waals surface area contributed by atoms with E-state index in [9.17, 15) is 18.0 Å². The van der Waals surface area contributed by atoms with Crippen molar-refractivity contribution in [2.45, 2.75) is 25.1 Å². The molecule has 0 aliphatic carbocycles. The third kappa shape index (κ3) is 3.62. The van der Waals surface area contributed by atoms with Gasteiger partial charge in [-0.2, -0.15) is 24.9 Å². The molecule has 7 heteroatoms. The lowest BCUT2D eigenvalue weighted by atomic mass is 10.1. The Morgan fingerprint density at radius 3 is 2.68 bits per heavy atom. The Kier molecular flexibility index (Phi) is 4.34. The largest absolute Gasteiger partial charge is 0.417 e. The van der Waals surface area contributed by atoms with Crippen molar-refractivity contribution < 1.29 is 18.0 Å². The number of hydrogen-bond donors (Lipinski definition) is 1. The summed E-state index contributed by atoms with van der Waals surface area (Å²) in [6.07, 6.45) is -0.958. The molecule has 3 nitrogen and oxygen atoms in total. The minimum atomic E-state index is -4.54. The lowest BCUT2D eigenvalue weighted by Crippen LogP contribution is -2.38. The van der Waals surface area contributed by atoms with Gasteiger partial charge < -0.3 is 5.32 Å². The molecule has 1 amide bonds. The second kappa shape index (κ2) is 5.81. The van der Waals surface area contributed by atoms with Gasteiger partial charge in [-0.05, 0) is 30.4 Å². The molecule has 0 saturated carbocycles. The Bertz CT molecular complexity index is 459. The second-order valence-corrected chi connectivity index (χ2v) is 5.50. The average Bonchev–Trinajstić information content (AvgIpc) is 2.39. The summed E-state index contributed by atoms with van der Waals surface area (Å²) in [7, 11) is 0. The number of hydrogen-bond acceptors (Lipinski definition) is 3. The lowest BCUT2D eigenvalue weighted by Gasteiger charge is -2.23. The molecule has 2 heterocycles. The van der Waals surface area contributed by atoms with E-state index in [4.69, 9.17) is 0 Å². The molecule has 1 fully saturated rings. The van der Waals surface area contributed by atoms with Gasteiger partial charge in [0.15, 0.2) is 0 Å². The smallest absolute Gasteiger partial charge is 0.349 e. The highest BCUT2D eigenvalue weighted by atomic mass is 32.2. The molecular formula is C12H13F3N2OS. The van der Waals surface area contributed by atoms with E-state index in [0.717, 1.165) is 42.8 Å². The molecule has 1 aromatic rings. The molecular weight excluding hydrogens is 277 g/mol. The van der Waals surface area contributed by atoms with E-state index in [2.05, 4.69) is 10.3 Å². The van der Waals surface area contributed by atoms with E-state index in [1.165, 1.54) is 0 Å². The van der Waals surface area contributed by atoms with E-state index in [-0.39, 0.29) is 6.04 Å². The average molecular weight is 290 g/mol. The number of alkyl halides is 3. The fourth-order valence-corrected chi connectivity index (χ4v) is 3.03. The topological polar surface area (TPSA) is 42.0 Å². The Morgan fingerprint density at radius 1 is 1.37 bits per heavy atom. The van der Waals surface area contributed by atoms with Crippen LogP contribution in [0.5, 0.6) is 0 Å². The van der Waals surface area contributed by atoms with Crippen molar-refractivity contribution in [2.24, 2.45) is 0 Å². The number of pyridine rings is 1. The van der Waals surface area contributed by atoms with Gasteiger partial charge >= 0.3 is 6.18 Å². The van der Waals surface area contributed by atoms with E-state index in [1.54, 1.807) is 11.8 Å². The van der Waals surface area contributed by atoms with Crippen molar-refractivity contribution in [3.63, 3.8) is 0 Å². The van der Waals surface area contributed by atoms with Gasteiger partial charge in [-0.15, -0.1) is 0 Å². The number of nitrogens with one attached hydrogen (secondary N) is 1. The molecule has 0 radical (unpaired) electrons. The molecule has 2 rings (SSSR count). The number of halogens is 3. The van der Waals surface area contributed by atoms with Gasteiger partial charge in [-0.3, -0.25) is 9.78 Å². The van der Waals surface area contributed by atoms with Crippen LogP contribution in [0.3, 0.4) is 0 Å². The van der Waals surface area contributed by atoms with E-state index < -0.39 is 23.2 Å². The molecule has 19 heavy (non-hydrogen) atoms. The summed E-state index contributed by atoms with van der Waals surface area (Å²) in [6, 6.07) is 0.779. The zero-order valence-corrected chi connectivity index (χ0v) is 10.9. The van der Waals surface area contributed by atoms with Crippen molar-refractivity contribution in [3.8, 4) is 0 Å². The van der Waals surface area contributed by atoms with Gasteiger partial charge in [-0.25, -0.2) is 0 Å². The third-order valence-corrected chi connectivity index (χ3v) is 3.98. The molecule has 1 aliphatic heterocycles. The fourth-order valence-electron chi connectivity index (χ4n) is 1.93. The highest BCUT2D eigenvalue weighted by Gasteiger charge is 2.35. The molecule has 1 N–H and O–H groups in total. The summed E-state index contributed by atoms with van der Waals surface area (Å²) >= 11 is 1.79. The van der Waals surface area contributed by atoms with Crippen LogP contribution in [0.15, 0.2) is 18.5 Å². The number of amides is 1. The summed E-state index contributed by atoms with van der Waals surface area (Å²) in [6.45, 7) is 0. The normalized spacial score (nSPS) is 17.2. The Morgan fingerprint density at radius 2 is 2.05 bits per heavy atom. The molecule has 1 saturated heterocycles. The van der Waals surface area contributed by atoms with Crippen molar-refractivity contribution in [2.75, 3.05) is 11.5 Å². The Hall–Kier alpha value is -1.24. The van der Waals surface area contributed by atoms with Crippen molar-refractivity contribution in [1.82, 2.24) is 10.3 Å². The van der Waals surface area contributed by atoms with Crippen molar-refractivity contribution in [1.29, 1.82) is 0 Å². The maximum absolute atomic E-state index is 12.8. The fraction of sp³-hybridized carbons (Fsp3) is 0.500. The summed E-state index contributed by atoms with van der Waals surface area (Å²) in [5.41, 5.74) is -1.35. The number of thioether (sulfide) groups is 1. The first kappa shape index (κ1) is 14.2. The van der Waals surface area contributed by atoms with Crippen LogP contribution < -0.4 is 5.32 Å². The predicted octanol–water partition coefficient (Wildman–Crippen LogP) is 2.73. The van der Waals surface area contributed by atoms with Crippen LogP contribution in [0.4, 0.5) is 13.2 Å². The molecule has 0 unspecified atom stereocenters. The van der Waals surface area contributed by atoms with Gasteiger partial charge in [0.1, 0.15) is 0 Å². The number of carbonyl (C=O) groups is 1. The maximum Gasteiger partial charge on any atom is 0.417 e. The molecule has 104 valence electrons. The second-order valence-electron chi connectivity index (χ2n) is 4.28. The van der Waals surface area contributed by atoms with Crippen LogP contribution in [-0.4, -0.2) is 28.4 Å². The molecule has 1 aromatic heterocycles. The van der Waals surface area contributed by atoms with Crippen LogP contribution in [0, 0.1) is 0 Å². The first-order valence-electron chi connectivity index (χ1n) is 5.88. The number of carbonyl (C=O) groups excluding carboxylic acids is 1. The van der Waals surface area contributed by atoms with Gasteiger partial charge in [0.2, 0.25) is 0 Å². The third-order valence-electron chi connectivity index (χ3n) is 2.93. The molecule has 0 aromatic carbocycles. The Balaban J connectivity index is 2.14. The summed E-state index contributed by atoms with van der Waals surface area (Å²) in [4.78, 5) is 15.5. The predicted molar refractivity (Wildman–Crippen MR) is 67.1 cm³/mol. The first-order chi connectivity index (χ1) is 8.98. The van der Waals surface area contributed by atoms with Crippen LogP contribution in [0.2, 0.25) is 0 Å². The first-order valence-corrected chi connectivity index (χ1v) is 7.04. The van der Waals surface area contributed by atoms with Crippen LogP contribution >= 0.6 is 11.8 Å². The zero-order chi connectivity index (χ0) is 13.9. The highest BCUT2D eigenvalue weighted by molar-refractivity contribution is 7.99. The number of aromatic nitrogens is 1. The van der Waals surface area contributed by atoms with E-state index in [0.29, 0.717) is 0 Å². The SMILES string of the molecule is O=C(NC1CCSCC1)c1cnccc1C(F)(F)F. The van der Waals surface area contributed by atoms with Crippen molar-refractivity contribution >= 4 is 17.7 Å². The van der Waals surface area contributed by atoms with Crippen LogP contribution in [0.25, 0.3) is 0 Å². The van der Waals surface area contributed by atoms with Gasteiger partial charge in [0.05, 0.1) is 11.1 Å². The van der Waals surface area contributed by atoms with E-state index in [1.807, 2.05) is 0 Å². The molecule has 0 spiro atoms. The van der Waals surface area contributed by atoms with Gasteiger partial charge in [0.25, 0.3) is 5.91 Å². The summed E-state index contributed by atoms with van der Waals surface area (Å²) in [5, 5.41) is 2.66. The summed E-state index contributed by atoms with van der Waals surface area (Å²) < 4.78 is 38.3. The highest BCUT2D eigenvalue weighted by Crippen LogP contribution is 2.31. The Labute approximate surface area is 113 Å². The number of nitrogens with zero attached hydrogens (tertiary/aromatic N) is 1. The zero-order valence-electron chi connectivity index (χ0n) is 10.0. The molecule has 0 atom stereocenters.